The van der Waals surface area contributed by atoms with Crippen LogP contribution in [0.1, 0.15) is 11.4 Å². The Labute approximate surface area is 202 Å². The number of β-amino-alcohol motifs (C(OH)–C–C–N with tert-alkyl or cyclic N) is 1. The van der Waals surface area contributed by atoms with E-state index in [9.17, 15) is 5.11 Å². The summed E-state index contributed by atoms with van der Waals surface area (Å²) in [7, 11) is 0. The van der Waals surface area contributed by atoms with Crippen molar-refractivity contribution in [2.45, 2.75) is 10.7 Å². The van der Waals surface area contributed by atoms with E-state index < -0.39 is 3.79 Å². The number of anilines is 1. The number of hydrogen-bond donors (Lipinski definition) is 1. The van der Waals surface area contributed by atoms with Crippen molar-refractivity contribution in [2.24, 2.45) is 0 Å². The Morgan fingerprint density at radius 2 is 1.53 bits per heavy atom. The van der Waals surface area contributed by atoms with Crippen molar-refractivity contribution in [1.82, 2.24) is 19.9 Å². The van der Waals surface area contributed by atoms with Crippen LogP contribution in [0.25, 0.3) is 22.5 Å². The molecule has 3 aromatic rings. The summed E-state index contributed by atoms with van der Waals surface area (Å²) in [6.45, 7) is 5.87. The van der Waals surface area contributed by atoms with Crippen molar-refractivity contribution in [3.8, 4) is 22.5 Å². The number of piperazine rings is 1. The van der Waals surface area contributed by atoms with Gasteiger partial charge in [0.05, 0.1) is 6.61 Å². The zero-order valence-electron chi connectivity index (χ0n) is 17.7. The minimum atomic E-state index is -1.77. The second-order valence-electron chi connectivity index (χ2n) is 7.74. The minimum Gasteiger partial charge on any atom is -0.395 e. The van der Waals surface area contributed by atoms with Crippen LogP contribution < -0.4 is 4.90 Å². The first-order valence-electron chi connectivity index (χ1n) is 10.4. The molecular formula is C23H24Cl3N5O. The minimum absolute atomic E-state index is 0.0963. The van der Waals surface area contributed by atoms with Gasteiger partial charge in [-0.25, -0.2) is 4.98 Å². The molecule has 0 atom stereocenters. The maximum atomic E-state index is 9.19. The highest BCUT2D eigenvalue weighted by molar-refractivity contribution is 6.66. The van der Waals surface area contributed by atoms with Crippen LogP contribution in [0.2, 0.25) is 0 Å². The van der Waals surface area contributed by atoms with Crippen molar-refractivity contribution in [3.05, 3.63) is 59.9 Å². The van der Waals surface area contributed by atoms with Gasteiger partial charge in [-0.3, -0.25) is 4.90 Å². The lowest BCUT2D eigenvalue weighted by Crippen LogP contribution is -2.48. The molecule has 0 unspecified atom stereocenters. The molecule has 9 heteroatoms. The Morgan fingerprint density at radius 1 is 0.875 bits per heavy atom. The maximum absolute atomic E-state index is 9.19. The number of alkyl halides is 3. The Bertz CT molecular complexity index is 1060. The quantitative estimate of drug-likeness (QED) is 0.531. The van der Waals surface area contributed by atoms with Crippen LogP contribution in [0.15, 0.2) is 48.5 Å². The zero-order chi connectivity index (χ0) is 22.7. The average molecular weight is 493 g/mol. The van der Waals surface area contributed by atoms with Crippen molar-refractivity contribution in [2.75, 3.05) is 44.2 Å². The van der Waals surface area contributed by atoms with Crippen molar-refractivity contribution in [1.29, 1.82) is 0 Å². The van der Waals surface area contributed by atoms with Gasteiger partial charge in [-0.05, 0) is 18.1 Å². The smallest absolute Gasteiger partial charge is 0.250 e. The summed E-state index contributed by atoms with van der Waals surface area (Å²) >= 11 is 18.6. The van der Waals surface area contributed by atoms with Crippen LogP contribution in [0, 0.1) is 6.92 Å². The number of aryl methyl sites for hydroxylation is 1. The molecule has 0 radical (unpaired) electrons. The van der Waals surface area contributed by atoms with Crippen molar-refractivity contribution >= 4 is 40.8 Å². The SMILES string of the molecule is Cc1ccc(-c2ccccc2-c2nc(N3CCN(CCO)CC3)nc(C(Cl)(Cl)Cl)n2)cc1. The van der Waals surface area contributed by atoms with Crippen LogP contribution in [-0.4, -0.2) is 64.3 Å². The molecule has 0 saturated carbocycles. The molecule has 168 valence electrons. The van der Waals surface area contributed by atoms with E-state index in [-0.39, 0.29) is 12.4 Å². The topological polar surface area (TPSA) is 65.4 Å². The van der Waals surface area contributed by atoms with Gasteiger partial charge in [0.2, 0.25) is 9.74 Å². The van der Waals surface area contributed by atoms with Gasteiger partial charge >= 0.3 is 0 Å². The largest absolute Gasteiger partial charge is 0.395 e. The van der Waals surface area contributed by atoms with Gasteiger partial charge in [-0.1, -0.05) is 88.9 Å². The van der Waals surface area contributed by atoms with E-state index in [0.717, 1.165) is 29.8 Å². The van der Waals surface area contributed by atoms with E-state index in [2.05, 4.69) is 51.0 Å². The molecule has 1 aromatic heterocycles. The fraction of sp³-hybridized carbons (Fsp3) is 0.348. The van der Waals surface area contributed by atoms with Crippen molar-refractivity contribution in [3.63, 3.8) is 0 Å². The number of hydrogen-bond acceptors (Lipinski definition) is 6. The third-order valence-electron chi connectivity index (χ3n) is 5.48. The molecule has 32 heavy (non-hydrogen) atoms. The predicted molar refractivity (Wildman–Crippen MR) is 130 cm³/mol. The van der Waals surface area contributed by atoms with Gasteiger partial charge in [-0.2, -0.15) is 9.97 Å². The standard InChI is InChI=1S/C23H24Cl3N5O/c1-16-6-8-17(9-7-16)18-4-2-3-5-19(18)20-27-21(23(24,25)26)29-22(28-20)31-12-10-30(11-13-31)14-15-32/h2-9,32H,10-15H2,1H3. The zero-order valence-corrected chi connectivity index (χ0v) is 19.9. The van der Waals surface area contributed by atoms with Crippen LogP contribution in [0.5, 0.6) is 0 Å². The lowest BCUT2D eigenvalue weighted by Gasteiger charge is -2.34. The summed E-state index contributed by atoms with van der Waals surface area (Å²) in [6, 6.07) is 16.2. The molecular weight excluding hydrogens is 469 g/mol. The monoisotopic (exact) mass is 491 g/mol. The van der Waals surface area contributed by atoms with E-state index in [1.807, 2.05) is 24.3 Å². The van der Waals surface area contributed by atoms with Crippen molar-refractivity contribution < 1.29 is 5.11 Å². The van der Waals surface area contributed by atoms with Gasteiger partial charge in [0.1, 0.15) is 0 Å². The Hall–Kier alpha value is -1.96. The molecule has 4 rings (SSSR count). The number of aliphatic hydroxyl groups is 1. The normalized spacial score (nSPS) is 15.2. The predicted octanol–water partition coefficient (Wildman–Crippen LogP) is 4.46. The third-order valence-corrected chi connectivity index (χ3v) is 5.99. The second-order valence-corrected chi connectivity index (χ2v) is 10.0. The number of aromatic nitrogens is 3. The number of aliphatic hydroxyl groups excluding tert-OH is 1. The van der Waals surface area contributed by atoms with E-state index in [4.69, 9.17) is 39.8 Å². The number of benzene rings is 2. The first kappa shape index (κ1) is 23.2. The summed E-state index contributed by atoms with van der Waals surface area (Å²) in [5.74, 6) is 1.04. The lowest BCUT2D eigenvalue weighted by atomic mass is 9.98. The molecule has 0 amide bonds. The highest BCUT2D eigenvalue weighted by Crippen LogP contribution is 2.38. The average Bonchev–Trinajstić information content (AvgIpc) is 2.79. The van der Waals surface area contributed by atoms with E-state index in [1.54, 1.807) is 0 Å². The lowest BCUT2D eigenvalue weighted by molar-refractivity contribution is 0.188. The molecule has 2 heterocycles. The molecule has 0 spiro atoms. The molecule has 0 aliphatic carbocycles. The summed E-state index contributed by atoms with van der Waals surface area (Å²) in [4.78, 5) is 18.0. The van der Waals surface area contributed by atoms with E-state index >= 15 is 0 Å². The summed E-state index contributed by atoms with van der Waals surface area (Å²) < 4.78 is -1.77. The van der Waals surface area contributed by atoms with Crippen LogP contribution in [-0.2, 0) is 3.79 Å². The van der Waals surface area contributed by atoms with Crippen LogP contribution in [0.3, 0.4) is 0 Å². The molecule has 1 fully saturated rings. The Morgan fingerprint density at radius 3 is 2.16 bits per heavy atom. The van der Waals surface area contributed by atoms with Gasteiger partial charge in [0, 0.05) is 38.3 Å². The summed E-state index contributed by atoms with van der Waals surface area (Å²) in [6.07, 6.45) is 0. The molecule has 1 aliphatic heterocycles. The highest BCUT2D eigenvalue weighted by Gasteiger charge is 2.30. The number of rotatable bonds is 5. The number of halogens is 3. The first-order chi connectivity index (χ1) is 15.3. The summed E-state index contributed by atoms with van der Waals surface area (Å²) in [5, 5.41) is 9.19. The maximum Gasteiger partial charge on any atom is 0.250 e. The first-order valence-corrected chi connectivity index (χ1v) is 11.6. The molecule has 6 nitrogen and oxygen atoms in total. The molecule has 1 aliphatic rings. The Balaban J connectivity index is 1.75. The van der Waals surface area contributed by atoms with Gasteiger partial charge < -0.3 is 10.0 Å². The second kappa shape index (κ2) is 9.89. The highest BCUT2D eigenvalue weighted by atomic mass is 35.6. The Kier molecular flexibility index (Phi) is 7.17. The molecule has 2 aromatic carbocycles. The third kappa shape index (κ3) is 5.33. The summed E-state index contributed by atoms with van der Waals surface area (Å²) in [5.41, 5.74) is 4.08. The molecule has 1 N–H and O–H groups in total. The van der Waals surface area contributed by atoms with Crippen LogP contribution >= 0.6 is 34.8 Å². The number of nitrogens with zero attached hydrogens (tertiary/aromatic N) is 5. The van der Waals surface area contributed by atoms with Gasteiger partial charge in [0.25, 0.3) is 0 Å². The van der Waals surface area contributed by atoms with Crippen LogP contribution in [0.4, 0.5) is 5.95 Å². The van der Waals surface area contributed by atoms with E-state index in [1.165, 1.54) is 5.56 Å². The van der Waals surface area contributed by atoms with Gasteiger partial charge in [-0.15, -0.1) is 0 Å². The fourth-order valence-corrected chi connectivity index (χ4v) is 3.98. The van der Waals surface area contributed by atoms with Gasteiger partial charge in [0.15, 0.2) is 11.6 Å². The fourth-order valence-electron chi connectivity index (χ4n) is 3.73. The molecule has 1 saturated heterocycles. The van der Waals surface area contributed by atoms with E-state index in [0.29, 0.717) is 31.4 Å². The molecule has 0 bridgehead atoms.